The monoisotopic (exact) mass is 313 g/mol. The molecule has 0 saturated heterocycles. The zero-order chi connectivity index (χ0) is 16.2. The van der Waals surface area contributed by atoms with Crippen LogP contribution in [0, 0.1) is 11.8 Å². The smallest absolute Gasteiger partial charge is 0.313 e. The van der Waals surface area contributed by atoms with Crippen molar-refractivity contribution >= 4 is 23.8 Å². The van der Waals surface area contributed by atoms with E-state index in [-0.39, 0.29) is 28.4 Å². The fraction of sp³-hybridized carbons (Fsp3) is 0.467. The summed E-state index contributed by atoms with van der Waals surface area (Å²) in [6, 6.07) is 2.78. The van der Waals surface area contributed by atoms with Gasteiger partial charge in [0.1, 0.15) is 6.23 Å². The number of esters is 1. The topological polar surface area (TPSA) is 79.1 Å². The molecule has 1 unspecified atom stereocenters. The molecule has 0 aliphatic heterocycles. The highest BCUT2D eigenvalue weighted by Gasteiger charge is 2.17. The molecule has 21 heavy (non-hydrogen) atoms. The Labute approximate surface area is 129 Å². The molecule has 1 aromatic carbocycles. The Hall–Kier alpha value is -1.59. The van der Waals surface area contributed by atoms with Crippen molar-refractivity contribution in [1.82, 2.24) is 0 Å². The average Bonchev–Trinajstić information content (AvgIpc) is 2.38. The normalized spacial score (nSPS) is 13.1. The van der Waals surface area contributed by atoms with E-state index < -0.39 is 12.2 Å². The van der Waals surface area contributed by atoms with Crippen molar-refractivity contribution < 1.29 is 19.7 Å². The zero-order valence-electron chi connectivity index (χ0n) is 12.5. The molecule has 5 nitrogen and oxygen atoms in total. The third-order valence-electron chi connectivity index (χ3n) is 2.70. The number of aromatic hydroxyl groups is 1. The Morgan fingerprint density at radius 1 is 1.33 bits per heavy atom. The predicted molar refractivity (Wildman–Crippen MR) is 82.0 cm³/mol. The second-order valence-corrected chi connectivity index (χ2v) is 5.79. The zero-order valence-corrected chi connectivity index (χ0v) is 13.3. The maximum absolute atomic E-state index is 11.7. The van der Waals surface area contributed by atoms with Crippen LogP contribution in [0.4, 0.5) is 0 Å². The second-order valence-electron chi connectivity index (χ2n) is 5.35. The first-order valence-corrected chi connectivity index (χ1v) is 7.05. The number of halogens is 1. The number of nitrogens with zero attached hydrogens (tertiary/aromatic N) is 1. The Morgan fingerprint density at radius 2 is 1.95 bits per heavy atom. The van der Waals surface area contributed by atoms with Crippen molar-refractivity contribution in [3.63, 3.8) is 0 Å². The van der Waals surface area contributed by atoms with Crippen LogP contribution in [0.3, 0.4) is 0 Å². The van der Waals surface area contributed by atoms with Crippen molar-refractivity contribution in [3.8, 4) is 11.5 Å². The van der Waals surface area contributed by atoms with E-state index in [1.165, 1.54) is 18.3 Å². The van der Waals surface area contributed by atoms with Crippen LogP contribution < -0.4 is 4.74 Å². The summed E-state index contributed by atoms with van der Waals surface area (Å²) in [7, 11) is 0. The largest absolute Gasteiger partial charge is 0.504 e. The minimum atomic E-state index is -0.889. The number of aliphatic hydroxyl groups excluding tert-OH is 1. The van der Waals surface area contributed by atoms with Gasteiger partial charge in [0.2, 0.25) is 0 Å². The third-order valence-corrected chi connectivity index (χ3v) is 2.92. The highest BCUT2D eigenvalue weighted by Crippen LogP contribution is 2.33. The number of phenolic OH excluding ortho intramolecular Hbond substituents is 1. The quantitative estimate of drug-likeness (QED) is 0.497. The summed E-state index contributed by atoms with van der Waals surface area (Å²) in [5.41, 5.74) is 0.328. The molecular weight excluding hydrogens is 294 g/mol. The van der Waals surface area contributed by atoms with E-state index >= 15 is 0 Å². The molecule has 1 aromatic rings. The van der Waals surface area contributed by atoms with Gasteiger partial charge in [-0.15, -0.1) is 0 Å². The molecule has 0 bridgehead atoms. The standard InChI is InChI=1S/C15H20ClNO4/c1-8(2)14(19)17-7-10-5-11(16)6-12(18)13(10)21-15(20)9(3)4/h5-9,14,18-19H,1-4H3/b17-7+. The van der Waals surface area contributed by atoms with Gasteiger partial charge in [-0.05, 0) is 12.0 Å². The first-order valence-electron chi connectivity index (χ1n) is 6.67. The van der Waals surface area contributed by atoms with Crippen molar-refractivity contribution in [3.05, 3.63) is 22.7 Å². The molecule has 0 amide bonds. The van der Waals surface area contributed by atoms with Crippen molar-refractivity contribution in [1.29, 1.82) is 0 Å². The fourth-order valence-electron chi connectivity index (χ4n) is 1.35. The number of carbonyl (C=O) groups is 1. The van der Waals surface area contributed by atoms with E-state index in [1.54, 1.807) is 13.8 Å². The molecule has 0 fully saturated rings. The number of phenols is 1. The van der Waals surface area contributed by atoms with Crippen LogP contribution in [0.5, 0.6) is 11.5 Å². The van der Waals surface area contributed by atoms with Crippen LogP contribution in [0.25, 0.3) is 0 Å². The van der Waals surface area contributed by atoms with E-state index in [0.29, 0.717) is 5.56 Å². The first kappa shape index (κ1) is 17.5. The van der Waals surface area contributed by atoms with E-state index in [2.05, 4.69) is 4.99 Å². The highest BCUT2D eigenvalue weighted by atomic mass is 35.5. The van der Waals surface area contributed by atoms with E-state index in [0.717, 1.165) is 0 Å². The Morgan fingerprint density at radius 3 is 2.48 bits per heavy atom. The highest BCUT2D eigenvalue weighted by molar-refractivity contribution is 6.31. The summed E-state index contributed by atoms with van der Waals surface area (Å²) in [5, 5.41) is 19.9. The minimum Gasteiger partial charge on any atom is -0.504 e. The first-order chi connectivity index (χ1) is 9.72. The second kappa shape index (κ2) is 7.43. The molecule has 0 radical (unpaired) electrons. The van der Waals surface area contributed by atoms with Gasteiger partial charge in [0.25, 0.3) is 0 Å². The molecule has 116 valence electrons. The van der Waals surface area contributed by atoms with Gasteiger partial charge in [0, 0.05) is 22.9 Å². The number of aliphatic hydroxyl groups is 1. The Balaban J connectivity index is 3.14. The summed E-state index contributed by atoms with van der Waals surface area (Å²) in [6.07, 6.45) is 0.443. The molecule has 1 atom stereocenters. The number of ether oxygens (including phenoxy) is 1. The number of hydrogen-bond donors (Lipinski definition) is 2. The summed E-state index contributed by atoms with van der Waals surface area (Å²) in [6.45, 7) is 7.01. The predicted octanol–water partition coefficient (Wildman–Crippen LogP) is 3.00. The summed E-state index contributed by atoms with van der Waals surface area (Å²) >= 11 is 5.87. The van der Waals surface area contributed by atoms with Gasteiger partial charge in [-0.2, -0.15) is 0 Å². The Bertz CT molecular complexity index is 541. The average molecular weight is 314 g/mol. The summed E-state index contributed by atoms with van der Waals surface area (Å²) < 4.78 is 5.17. The number of rotatable bonds is 5. The number of aliphatic imine (C=N–C) groups is 1. The van der Waals surface area contributed by atoms with E-state index in [4.69, 9.17) is 16.3 Å². The SMILES string of the molecule is CC(C)C(=O)Oc1c(O)cc(Cl)cc1/C=N/C(O)C(C)C. The van der Waals surface area contributed by atoms with Crippen LogP contribution in [-0.4, -0.2) is 28.6 Å². The van der Waals surface area contributed by atoms with Crippen LogP contribution in [0.1, 0.15) is 33.3 Å². The van der Waals surface area contributed by atoms with Gasteiger partial charge in [0.05, 0.1) is 5.92 Å². The summed E-state index contributed by atoms with van der Waals surface area (Å²) in [4.78, 5) is 15.6. The maximum atomic E-state index is 11.7. The maximum Gasteiger partial charge on any atom is 0.313 e. The molecule has 0 aromatic heterocycles. The lowest BCUT2D eigenvalue weighted by atomic mass is 10.1. The molecule has 0 saturated carbocycles. The van der Waals surface area contributed by atoms with Gasteiger partial charge in [-0.3, -0.25) is 9.79 Å². The fourth-order valence-corrected chi connectivity index (χ4v) is 1.58. The van der Waals surface area contributed by atoms with Crippen molar-refractivity contribution in [2.24, 2.45) is 16.8 Å². The van der Waals surface area contributed by atoms with Crippen LogP contribution in [0.15, 0.2) is 17.1 Å². The molecule has 0 aliphatic carbocycles. The van der Waals surface area contributed by atoms with E-state index in [9.17, 15) is 15.0 Å². The van der Waals surface area contributed by atoms with E-state index in [1.807, 2.05) is 13.8 Å². The van der Waals surface area contributed by atoms with Crippen LogP contribution in [0.2, 0.25) is 5.02 Å². The molecule has 6 heteroatoms. The molecule has 0 heterocycles. The van der Waals surface area contributed by atoms with Gasteiger partial charge in [0.15, 0.2) is 11.5 Å². The summed E-state index contributed by atoms with van der Waals surface area (Å²) in [5.74, 6) is -1.15. The molecular formula is C15H20ClNO4. The van der Waals surface area contributed by atoms with Crippen LogP contribution >= 0.6 is 11.6 Å². The van der Waals surface area contributed by atoms with Crippen LogP contribution in [-0.2, 0) is 4.79 Å². The van der Waals surface area contributed by atoms with Gasteiger partial charge in [-0.1, -0.05) is 39.3 Å². The van der Waals surface area contributed by atoms with Gasteiger partial charge >= 0.3 is 5.97 Å². The minimum absolute atomic E-state index is 0.0159. The number of carbonyl (C=O) groups excluding carboxylic acids is 1. The van der Waals surface area contributed by atoms with Gasteiger partial charge in [-0.25, -0.2) is 0 Å². The van der Waals surface area contributed by atoms with Gasteiger partial charge < -0.3 is 14.9 Å². The lowest BCUT2D eigenvalue weighted by Crippen LogP contribution is -2.16. The lowest BCUT2D eigenvalue weighted by Gasteiger charge is -2.12. The van der Waals surface area contributed by atoms with Crippen molar-refractivity contribution in [2.75, 3.05) is 0 Å². The number of benzene rings is 1. The molecule has 0 aliphatic rings. The number of hydrogen-bond acceptors (Lipinski definition) is 5. The molecule has 1 rings (SSSR count). The van der Waals surface area contributed by atoms with Crippen molar-refractivity contribution in [2.45, 2.75) is 33.9 Å². The third kappa shape index (κ3) is 5.02. The molecule has 0 spiro atoms. The Kier molecular flexibility index (Phi) is 6.18. The lowest BCUT2D eigenvalue weighted by molar-refractivity contribution is -0.137. The molecule has 2 N–H and O–H groups in total.